The van der Waals surface area contributed by atoms with Gasteiger partial charge >= 0.3 is 0 Å². The van der Waals surface area contributed by atoms with Crippen LogP contribution >= 0.6 is 11.6 Å². The lowest BCUT2D eigenvalue weighted by molar-refractivity contribution is 0.378. The summed E-state index contributed by atoms with van der Waals surface area (Å²) in [5.41, 5.74) is 0.329. The lowest BCUT2D eigenvalue weighted by Crippen LogP contribution is -2.21. The van der Waals surface area contributed by atoms with Crippen molar-refractivity contribution in [2.24, 2.45) is 0 Å². The molecule has 0 radical (unpaired) electrons. The quantitative estimate of drug-likeness (QED) is 0.425. The van der Waals surface area contributed by atoms with Crippen molar-refractivity contribution >= 4 is 11.6 Å². The minimum atomic E-state index is 0.329. The van der Waals surface area contributed by atoms with Gasteiger partial charge in [-0.3, -0.25) is 4.90 Å². The van der Waals surface area contributed by atoms with Crippen LogP contribution in [-0.2, 0) is 0 Å². The predicted octanol–water partition coefficient (Wildman–Crippen LogP) is 1.71. The normalized spacial score (nSPS) is 41.7. The Kier molecular flexibility index (Phi) is 1.75. The van der Waals surface area contributed by atoms with Crippen molar-refractivity contribution < 1.29 is 0 Å². The van der Waals surface area contributed by atoms with Crippen molar-refractivity contribution in [2.45, 2.75) is 32.4 Å². The summed E-state index contributed by atoms with van der Waals surface area (Å²) in [6.45, 7) is 7.80. The van der Waals surface area contributed by atoms with E-state index in [9.17, 15) is 0 Å². The molecule has 1 saturated heterocycles. The molecule has 0 saturated carbocycles. The summed E-state index contributed by atoms with van der Waals surface area (Å²) in [5.74, 6) is 0.769. The van der Waals surface area contributed by atoms with Gasteiger partial charge in [-0.2, -0.15) is 0 Å². The Balaban J connectivity index is 2.38. The summed E-state index contributed by atoms with van der Waals surface area (Å²) in [6.07, 6.45) is 0. The van der Waals surface area contributed by atoms with Gasteiger partial charge in [0, 0.05) is 24.0 Å². The van der Waals surface area contributed by atoms with Gasteiger partial charge in [0.15, 0.2) is 0 Å². The zero-order chi connectivity index (χ0) is 7.07. The number of halogens is 1. The van der Waals surface area contributed by atoms with Gasteiger partial charge in [-0.1, -0.05) is 0 Å². The Morgan fingerprint density at radius 2 is 2.22 bits per heavy atom. The molecule has 0 aromatic rings. The van der Waals surface area contributed by atoms with E-state index in [2.05, 4.69) is 25.7 Å². The van der Waals surface area contributed by atoms with Crippen LogP contribution in [0.15, 0.2) is 0 Å². The maximum Gasteiger partial charge on any atom is 0.0447 e. The maximum atomic E-state index is 5.74. The molecule has 9 heavy (non-hydrogen) atoms. The second-order valence-corrected chi connectivity index (χ2v) is 3.62. The van der Waals surface area contributed by atoms with Crippen LogP contribution in [-0.4, -0.2) is 28.9 Å². The van der Waals surface area contributed by atoms with Gasteiger partial charge in [0.05, 0.1) is 0 Å². The second-order valence-electron chi connectivity index (χ2n) is 3.35. The third-order valence-electron chi connectivity index (χ3n) is 2.01. The SMILES string of the molecule is CC(C)N1CC1(C)CCl. The average Bonchev–Trinajstić information content (AvgIpc) is 2.44. The van der Waals surface area contributed by atoms with Crippen molar-refractivity contribution in [3.8, 4) is 0 Å². The second kappa shape index (κ2) is 2.14. The fourth-order valence-corrected chi connectivity index (χ4v) is 1.49. The van der Waals surface area contributed by atoms with E-state index in [1.165, 1.54) is 6.54 Å². The third-order valence-corrected chi connectivity index (χ3v) is 2.59. The standard InChI is InChI=1S/C7H14ClN/c1-6(2)9-5-7(9,3)4-8/h6H,4-5H2,1-3H3. The summed E-state index contributed by atoms with van der Waals surface area (Å²) in [5, 5.41) is 0. The summed E-state index contributed by atoms with van der Waals surface area (Å²) in [6, 6.07) is 0.661. The zero-order valence-electron chi connectivity index (χ0n) is 6.32. The van der Waals surface area contributed by atoms with Gasteiger partial charge in [0.1, 0.15) is 0 Å². The Bertz CT molecular complexity index is 113. The van der Waals surface area contributed by atoms with Gasteiger partial charge in [-0.25, -0.2) is 0 Å². The average molecular weight is 148 g/mol. The molecule has 0 aromatic heterocycles. The third kappa shape index (κ3) is 1.22. The molecule has 2 heteroatoms. The van der Waals surface area contributed by atoms with Crippen molar-refractivity contribution in [3.05, 3.63) is 0 Å². The zero-order valence-corrected chi connectivity index (χ0v) is 7.07. The molecule has 0 bridgehead atoms. The van der Waals surface area contributed by atoms with Gasteiger partial charge in [-0.05, 0) is 20.8 Å². The maximum absolute atomic E-state index is 5.74. The first-order valence-electron chi connectivity index (χ1n) is 3.43. The molecule has 0 spiro atoms. The van der Waals surface area contributed by atoms with E-state index in [1.807, 2.05) is 0 Å². The number of alkyl halides is 1. The lowest BCUT2D eigenvalue weighted by atomic mass is 10.2. The molecule has 1 rings (SSSR count). The van der Waals surface area contributed by atoms with E-state index in [0.717, 1.165) is 5.88 Å². The smallest absolute Gasteiger partial charge is 0.0447 e. The molecule has 0 aromatic carbocycles. The monoisotopic (exact) mass is 147 g/mol. The fourth-order valence-electron chi connectivity index (χ4n) is 1.26. The first-order chi connectivity index (χ1) is 4.10. The molecule has 0 amide bonds. The van der Waals surface area contributed by atoms with Crippen molar-refractivity contribution in [3.63, 3.8) is 0 Å². The number of rotatable bonds is 2. The van der Waals surface area contributed by atoms with Crippen molar-refractivity contribution in [1.82, 2.24) is 4.90 Å². The van der Waals surface area contributed by atoms with Crippen LogP contribution in [0.5, 0.6) is 0 Å². The van der Waals surface area contributed by atoms with Crippen molar-refractivity contribution in [2.75, 3.05) is 12.4 Å². The van der Waals surface area contributed by atoms with E-state index >= 15 is 0 Å². The Morgan fingerprint density at radius 1 is 1.67 bits per heavy atom. The van der Waals surface area contributed by atoms with E-state index < -0.39 is 0 Å². The molecule has 1 nitrogen and oxygen atoms in total. The topological polar surface area (TPSA) is 3.01 Å². The molecule has 2 unspecified atom stereocenters. The molecule has 0 aliphatic carbocycles. The molecule has 1 fully saturated rings. The minimum Gasteiger partial charge on any atom is -0.291 e. The van der Waals surface area contributed by atoms with Gasteiger partial charge < -0.3 is 0 Å². The van der Waals surface area contributed by atoms with Crippen LogP contribution in [0, 0.1) is 0 Å². The highest BCUT2D eigenvalue weighted by Crippen LogP contribution is 2.34. The summed E-state index contributed by atoms with van der Waals surface area (Å²) < 4.78 is 0. The predicted molar refractivity (Wildman–Crippen MR) is 41.0 cm³/mol. The van der Waals surface area contributed by atoms with Gasteiger partial charge in [0.25, 0.3) is 0 Å². The lowest BCUT2D eigenvalue weighted by Gasteiger charge is -2.11. The van der Waals surface area contributed by atoms with Crippen LogP contribution in [0.3, 0.4) is 0 Å². The molecular weight excluding hydrogens is 134 g/mol. The van der Waals surface area contributed by atoms with Crippen LogP contribution < -0.4 is 0 Å². The Morgan fingerprint density at radius 3 is 2.33 bits per heavy atom. The van der Waals surface area contributed by atoms with Crippen LogP contribution in [0.1, 0.15) is 20.8 Å². The fraction of sp³-hybridized carbons (Fsp3) is 1.00. The summed E-state index contributed by atoms with van der Waals surface area (Å²) in [7, 11) is 0. The van der Waals surface area contributed by atoms with Gasteiger partial charge in [0.2, 0.25) is 0 Å². The summed E-state index contributed by atoms with van der Waals surface area (Å²) in [4.78, 5) is 2.40. The Hall–Kier alpha value is 0.250. The first kappa shape index (κ1) is 7.36. The molecule has 0 N–H and O–H groups in total. The number of hydrogen-bond acceptors (Lipinski definition) is 1. The van der Waals surface area contributed by atoms with Gasteiger partial charge in [-0.15, -0.1) is 11.6 Å². The number of nitrogens with zero attached hydrogens (tertiary/aromatic N) is 1. The van der Waals surface area contributed by atoms with E-state index in [1.54, 1.807) is 0 Å². The molecule has 54 valence electrons. The molecule has 1 aliphatic rings. The van der Waals surface area contributed by atoms with Crippen LogP contribution in [0.25, 0.3) is 0 Å². The molecule has 2 atom stereocenters. The van der Waals surface area contributed by atoms with Crippen molar-refractivity contribution in [1.29, 1.82) is 0 Å². The molecule has 1 heterocycles. The largest absolute Gasteiger partial charge is 0.291 e. The molecule has 1 aliphatic heterocycles. The van der Waals surface area contributed by atoms with E-state index in [4.69, 9.17) is 11.6 Å². The highest BCUT2D eigenvalue weighted by molar-refractivity contribution is 6.18. The number of hydrogen-bond donors (Lipinski definition) is 0. The Labute approximate surface area is 62.0 Å². The highest BCUT2D eigenvalue weighted by atomic mass is 35.5. The highest BCUT2D eigenvalue weighted by Gasteiger charge is 2.47. The summed E-state index contributed by atoms with van der Waals surface area (Å²) >= 11 is 5.74. The minimum absolute atomic E-state index is 0.329. The van der Waals surface area contributed by atoms with E-state index in [-0.39, 0.29) is 0 Å². The van der Waals surface area contributed by atoms with E-state index in [0.29, 0.717) is 11.6 Å². The first-order valence-corrected chi connectivity index (χ1v) is 3.96. The van der Waals surface area contributed by atoms with Crippen LogP contribution in [0.2, 0.25) is 0 Å². The van der Waals surface area contributed by atoms with Crippen LogP contribution in [0.4, 0.5) is 0 Å². The molecular formula is C7H14ClN.